The SMILES string of the molecule is CCCOCCC(=O)Nc1cc(Br)cnc1Cl. The summed E-state index contributed by atoms with van der Waals surface area (Å²) in [6.07, 6.45) is 2.83. The first-order valence-electron chi connectivity index (χ1n) is 5.32. The fraction of sp³-hybridized carbons (Fsp3) is 0.455. The van der Waals surface area contributed by atoms with E-state index in [9.17, 15) is 4.79 Å². The van der Waals surface area contributed by atoms with Gasteiger partial charge in [0, 0.05) is 17.3 Å². The van der Waals surface area contributed by atoms with E-state index < -0.39 is 0 Å². The summed E-state index contributed by atoms with van der Waals surface area (Å²) in [7, 11) is 0. The van der Waals surface area contributed by atoms with Crippen molar-refractivity contribution in [3.05, 3.63) is 21.9 Å². The molecule has 1 rings (SSSR count). The number of pyridine rings is 1. The molecule has 0 aliphatic carbocycles. The molecule has 0 saturated carbocycles. The van der Waals surface area contributed by atoms with E-state index in [1.165, 1.54) is 0 Å². The van der Waals surface area contributed by atoms with Crippen molar-refractivity contribution in [3.63, 3.8) is 0 Å². The lowest BCUT2D eigenvalue weighted by Crippen LogP contribution is -2.14. The van der Waals surface area contributed by atoms with Crippen molar-refractivity contribution in [1.82, 2.24) is 4.98 Å². The number of nitrogens with one attached hydrogen (secondary N) is 1. The van der Waals surface area contributed by atoms with Gasteiger partial charge in [-0.2, -0.15) is 0 Å². The molecule has 94 valence electrons. The highest BCUT2D eigenvalue weighted by atomic mass is 79.9. The topological polar surface area (TPSA) is 51.2 Å². The van der Waals surface area contributed by atoms with E-state index in [0.29, 0.717) is 25.3 Å². The Bertz CT molecular complexity index is 388. The summed E-state index contributed by atoms with van der Waals surface area (Å²) < 4.78 is 5.99. The maximum atomic E-state index is 11.5. The van der Waals surface area contributed by atoms with Gasteiger partial charge in [0.25, 0.3) is 0 Å². The summed E-state index contributed by atoms with van der Waals surface area (Å²) in [5.41, 5.74) is 0.501. The third-order valence-corrected chi connectivity index (χ3v) is 2.64. The first kappa shape index (κ1) is 14.4. The summed E-state index contributed by atoms with van der Waals surface area (Å²) in [6, 6.07) is 1.71. The van der Waals surface area contributed by atoms with Crippen LogP contribution >= 0.6 is 27.5 Å². The zero-order valence-electron chi connectivity index (χ0n) is 9.50. The van der Waals surface area contributed by atoms with E-state index in [0.717, 1.165) is 10.9 Å². The van der Waals surface area contributed by atoms with Crippen LogP contribution in [0.4, 0.5) is 5.69 Å². The Labute approximate surface area is 114 Å². The van der Waals surface area contributed by atoms with Gasteiger partial charge in [0.2, 0.25) is 5.91 Å². The highest BCUT2D eigenvalue weighted by Crippen LogP contribution is 2.22. The number of anilines is 1. The molecule has 0 aliphatic heterocycles. The van der Waals surface area contributed by atoms with Crippen molar-refractivity contribution in [1.29, 1.82) is 0 Å². The Balaban J connectivity index is 2.42. The Morgan fingerprint density at radius 2 is 2.35 bits per heavy atom. The Morgan fingerprint density at radius 1 is 1.59 bits per heavy atom. The number of aromatic nitrogens is 1. The fourth-order valence-electron chi connectivity index (χ4n) is 1.13. The Morgan fingerprint density at radius 3 is 3.06 bits per heavy atom. The lowest BCUT2D eigenvalue weighted by molar-refractivity contribution is -0.117. The lowest BCUT2D eigenvalue weighted by atomic mass is 10.3. The summed E-state index contributed by atoms with van der Waals surface area (Å²) >= 11 is 9.11. The molecule has 0 bridgehead atoms. The van der Waals surface area contributed by atoms with Crippen LogP contribution in [0.3, 0.4) is 0 Å². The van der Waals surface area contributed by atoms with Gasteiger partial charge in [-0.3, -0.25) is 4.79 Å². The minimum atomic E-state index is -0.136. The van der Waals surface area contributed by atoms with Crippen LogP contribution in [-0.2, 0) is 9.53 Å². The lowest BCUT2D eigenvalue weighted by Gasteiger charge is -2.07. The number of carbonyl (C=O) groups excluding carboxylic acids is 1. The first-order valence-corrected chi connectivity index (χ1v) is 6.49. The van der Waals surface area contributed by atoms with Crippen LogP contribution in [0.5, 0.6) is 0 Å². The van der Waals surface area contributed by atoms with Gasteiger partial charge in [-0.15, -0.1) is 0 Å². The van der Waals surface area contributed by atoms with Crippen molar-refractivity contribution in [2.75, 3.05) is 18.5 Å². The highest BCUT2D eigenvalue weighted by molar-refractivity contribution is 9.10. The first-order chi connectivity index (χ1) is 8.13. The number of ether oxygens (including phenoxy) is 1. The van der Waals surface area contributed by atoms with Crippen LogP contribution in [0.1, 0.15) is 19.8 Å². The average molecular weight is 322 g/mol. The van der Waals surface area contributed by atoms with E-state index in [1.807, 2.05) is 6.92 Å². The third-order valence-electron chi connectivity index (χ3n) is 1.90. The van der Waals surface area contributed by atoms with Gasteiger partial charge >= 0.3 is 0 Å². The number of halogens is 2. The molecule has 0 saturated heterocycles. The van der Waals surface area contributed by atoms with Gasteiger partial charge in [-0.05, 0) is 28.4 Å². The maximum Gasteiger partial charge on any atom is 0.226 e. The van der Waals surface area contributed by atoms with E-state index in [4.69, 9.17) is 16.3 Å². The monoisotopic (exact) mass is 320 g/mol. The Kier molecular flexibility index (Phi) is 6.47. The second-order valence-electron chi connectivity index (χ2n) is 3.40. The highest BCUT2D eigenvalue weighted by Gasteiger charge is 2.07. The second-order valence-corrected chi connectivity index (χ2v) is 4.68. The van der Waals surface area contributed by atoms with Crippen molar-refractivity contribution in [2.24, 2.45) is 0 Å². The van der Waals surface area contributed by atoms with Gasteiger partial charge in [0.1, 0.15) is 0 Å². The molecule has 0 fully saturated rings. The summed E-state index contributed by atoms with van der Waals surface area (Å²) in [4.78, 5) is 15.5. The zero-order valence-corrected chi connectivity index (χ0v) is 11.8. The van der Waals surface area contributed by atoms with Crippen LogP contribution in [0, 0.1) is 0 Å². The molecule has 1 N–H and O–H groups in total. The molecule has 0 aliphatic rings. The predicted octanol–water partition coefficient (Wildman–Crippen LogP) is 3.25. The molecule has 17 heavy (non-hydrogen) atoms. The smallest absolute Gasteiger partial charge is 0.226 e. The fourth-order valence-corrected chi connectivity index (χ4v) is 1.62. The van der Waals surface area contributed by atoms with E-state index in [-0.39, 0.29) is 11.1 Å². The molecule has 4 nitrogen and oxygen atoms in total. The van der Waals surface area contributed by atoms with Crippen molar-refractivity contribution in [2.45, 2.75) is 19.8 Å². The van der Waals surface area contributed by atoms with Crippen molar-refractivity contribution in [3.8, 4) is 0 Å². The van der Waals surface area contributed by atoms with Crippen LogP contribution in [0.15, 0.2) is 16.7 Å². The van der Waals surface area contributed by atoms with Crippen LogP contribution < -0.4 is 5.32 Å². The average Bonchev–Trinajstić information content (AvgIpc) is 2.29. The molecule has 0 aromatic carbocycles. The molecule has 0 radical (unpaired) electrons. The summed E-state index contributed by atoms with van der Waals surface area (Å²) in [5.74, 6) is -0.136. The number of carbonyl (C=O) groups is 1. The van der Waals surface area contributed by atoms with Gasteiger partial charge in [-0.1, -0.05) is 18.5 Å². The summed E-state index contributed by atoms with van der Waals surface area (Å²) in [6.45, 7) is 3.11. The summed E-state index contributed by atoms with van der Waals surface area (Å²) in [5, 5.41) is 2.96. The van der Waals surface area contributed by atoms with Crippen LogP contribution in [-0.4, -0.2) is 24.1 Å². The van der Waals surface area contributed by atoms with Crippen molar-refractivity contribution >= 4 is 39.1 Å². The predicted molar refractivity (Wildman–Crippen MR) is 71.3 cm³/mol. The molecule has 1 aromatic rings. The van der Waals surface area contributed by atoms with E-state index >= 15 is 0 Å². The maximum absolute atomic E-state index is 11.5. The van der Waals surface area contributed by atoms with E-state index in [2.05, 4.69) is 26.2 Å². The Hall–Kier alpha value is -0.650. The quantitative estimate of drug-likeness (QED) is 0.646. The minimum absolute atomic E-state index is 0.136. The third kappa shape index (κ3) is 5.48. The molecule has 1 amide bonds. The van der Waals surface area contributed by atoms with Gasteiger partial charge < -0.3 is 10.1 Å². The van der Waals surface area contributed by atoms with Gasteiger partial charge in [0.15, 0.2) is 5.15 Å². The largest absolute Gasteiger partial charge is 0.381 e. The molecule has 1 heterocycles. The zero-order chi connectivity index (χ0) is 12.7. The number of hydrogen-bond acceptors (Lipinski definition) is 3. The number of amides is 1. The van der Waals surface area contributed by atoms with Gasteiger partial charge in [0.05, 0.1) is 18.7 Å². The van der Waals surface area contributed by atoms with Crippen LogP contribution in [0.25, 0.3) is 0 Å². The van der Waals surface area contributed by atoms with E-state index in [1.54, 1.807) is 12.3 Å². The van der Waals surface area contributed by atoms with Crippen molar-refractivity contribution < 1.29 is 9.53 Å². The number of rotatable bonds is 6. The minimum Gasteiger partial charge on any atom is -0.381 e. The normalized spacial score (nSPS) is 10.3. The standard InChI is InChI=1S/C11H14BrClN2O2/c1-2-4-17-5-3-10(16)15-9-6-8(12)7-14-11(9)13/h6-7H,2-5H2,1H3,(H,15,16). The van der Waals surface area contributed by atoms with Gasteiger partial charge in [-0.25, -0.2) is 4.98 Å². The molecule has 0 atom stereocenters. The molecule has 0 unspecified atom stereocenters. The second kappa shape index (κ2) is 7.63. The van der Waals surface area contributed by atoms with Crippen LogP contribution in [0.2, 0.25) is 5.15 Å². The molecular weight excluding hydrogens is 307 g/mol. The number of nitrogens with zero attached hydrogens (tertiary/aromatic N) is 1. The number of hydrogen-bond donors (Lipinski definition) is 1. The molecule has 0 spiro atoms. The molecule has 6 heteroatoms. The molecular formula is C11H14BrClN2O2. The molecule has 1 aromatic heterocycles.